The summed E-state index contributed by atoms with van der Waals surface area (Å²) in [5, 5.41) is 11.5. The highest BCUT2D eigenvalue weighted by molar-refractivity contribution is 6.08. The monoisotopic (exact) mass is 410 g/mol. The first-order valence-corrected chi connectivity index (χ1v) is 10.4. The minimum atomic E-state index is -0.376. The fourth-order valence-corrected chi connectivity index (χ4v) is 3.91. The highest BCUT2D eigenvalue weighted by Gasteiger charge is 2.26. The van der Waals surface area contributed by atoms with Gasteiger partial charge in [-0.1, -0.05) is 13.8 Å². The van der Waals surface area contributed by atoms with Gasteiger partial charge in [-0.3, -0.25) is 4.90 Å². The second-order valence-electron chi connectivity index (χ2n) is 7.13. The first-order chi connectivity index (χ1) is 14.5. The topological polar surface area (TPSA) is 63.9 Å². The molecule has 6 heteroatoms. The molecule has 0 aliphatic rings. The van der Waals surface area contributed by atoms with Crippen LogP contribution >= 0.6 is 0 Å². The van der Waals surface area contributed by atoms with Crippen LogP contribution in [0.15, 0.2) is 36.4 Å². The zero-order valence-corrected chi connectivity index (χ0v) is 18.4. The van der Waals surface area contributed by atoms with Gasteiger partial charge in [-0.15, -0.1) is 0 Å². The third-order valence-corrected chi connectivity index (χ3v) is 5.54. The number of carbonyl (C=O) groups excluding carboxylic acids is 1. The lowest BCUT2D eigenvalue weighted by molar-refractivity contribution is 0.0527. The molecule has 3 aromatic rings. The molecule has 0 fully saturated rings. The second kappa shape index (κ2) is 9.22. The Bertz CT molecular complexity index is 1030. The van der Waals surface area contributed by atoms with Crippen molar-refractivity contribution < 1.29 is 19.4 Å². The standard InChI is InChI=1S/C24H30N2O4/c1-6-25(7-2)15-19-21(27)14-13-20-23(19)22(24(28)30-8-3)16(4)26(20)17-9-11-18(29-5)12-10-17/h9-14,27H,6-8,15H2,1-5H3. The summed E-state index contributed by atoms with van der Waals surface area (Å²) < 4.78 is 12.7. The minimum absolute atomic E-state index is 0.187. The third kappa shape index (κ3) is 3.87. The van der Waals surface area contributed by atoms with E-state index in [0.717, 1.165) is 46.7 Å². The van der Waals surface area contributed by atoms with Crippen molar-refractivity contribution in [1.82, 2.24) is 9.47 Å². The van der Waals surface area contributed by atoms with E-state index in [1.165, 1.54) is 0 Å². The van der Waals surface area contributed by atoms with E-state index in [4.69, 9.17) is 9.47 Å². The van der Waals surface area contributed by atoms with Crippen molar-refractivity contribution in [3.8, 4) is 17.2 Å². The molecular formula is C24H30N2O4. The lowest BCUT2D eigenvalue weighted by Gasteiger charge is -2.20. The van der Waals surface area contributed by atoms with Gasteiger partial charge in [0.2, 0.25) is 0 Å². The van der Waals surface area contributed by atoms with E-state index in [1.807, 2.05) is 41.8 Å². The van der Waals surface area contributed by atoms with E-state index < -0.39 is 0 Å². The number of aromatic hydroxyl groups is 1. The fraction of sp³-hybridized carbons (Fsp3) is 0.375. The number of nitrogens with zero attached hydrogens (tertiary/aromatic N) is 2. The van der Waals surface area contributed by atoms with Crippen molar-refractivity contribution in [3.05, 3.63) is 53.2 Å². The smallest absolute Gasteiger partial charge is 0.340 e. The predicted molar refractivity (Wildman–Crippen MR) is 119 cm³/mol. The van der Waals surface area contributed by atoms with Crippen molar-refractivity contribution >= 4 is 16.9 Å². The number of esters is 1. The van der Waals surface area contributed by atoms with Crippen LogP contribution in [0.5, 0.6) is 11.5 Å². The maximum Gasteiger partial charge on any atom is 0.340 e. The quantitative estimate of drug-likeness (QED) is 0.547. The van der Waals surface area contributed by atoms with Crippen molar-refractivity contribution in [2.45, 2.75) is 34.2 Å². The van der Waals surface area contributed by atoms with Gasteiger partial charge in [0, 0.05) is 28.9 Å². The number of phenols is 1. The van der Waals surface area contributed by atoms with Crippen molar-refractivity contribution in [2.24, 2.45) is 0 Å². The SMILES string of the molecule is CCOC(=O)c1c(C)n(-c2ccc(OC)cc2)c2ccc(O)c(CN(CC)CC)c12. The van der Waals surface area contributed by atoms with Crippen LogP contribution in [-0.4, -0.2) is 47.3 Å². The van der Waals surface area contributed by atoms with Crippen LogP contribution in [0.3, 0.4) is 0 Å². The summed E-state index contributed by atoms with van der Waals surface area (Å²) in [7, 11) is 1.63. The summed E-state index contributed by atoms with van der Waals surface area (Å²) in [6.45, 7) is 10.4. The zero-order valence-electron chi connectivity index (χ0n) is 18.4. The van der Waals surface area contributed by atoms with Gasteiger partial charge in [-0.25, -0.2) is 4.79 Å². The molecule has 1 aromatic heterocycles. The Balaban J connectivity index is 2.32. The highest BCUT2D eigenvalue weighted by atomic mass is 16.5. The number of hydrogen-bond acceptors (Lipinski definition) is 5. The van der Waals surface area contributed by atoms with Gasteiger partial charge in [0.05, 0.1) is 24.8 Å². The number of carbonyl (C=O) groups is 1. The molecule has 0 unspecified atom stereocenters. The molecular weight excluding hydrogens is 380 g/mol. The number of phenolic OH excluding ortho intramolecular Hbond substituents is 1. The molecule has 0 bridgehead atoms. The third-order valence-electron chi connectivity index (χ3n) is 5.54. The van der Waals surface area contributed by atoms with Crippen LogP contribution in [0.2, 0.25) is 0 Å². The Kier molecular flexibility index (Phi) is 6.67. The lowest BCUT2D eigenvalue weighted by atomic mass is 10.0. The van der Waals surface area contributed by atoms with Crippen molar-refractivity contribution in [3.63, 3.8) is 0 Å². The lowest BCUT2D eigenvalue weighted by Crippen LogP contribution is -2.22. The molecule has 1 heterocycles. The summed E-state index contributed by atoms with van der Waals surface area (Å²) in [4.78, 5) is 15.2. The normalized spacial score (nSPS) is 11.3. The molecule has 1 N–H and O–H groups in total. The molecule has 0 spiro atoms. The molecule has 0 radical (unpaired) electrons. The first-order valence-electron chi connectivity index (χ1n) is 10.4. The number of methoxy groups -OCH3 is 1. The fourth-order valence-electron chi connectivity index (χ4n) is 3.91. The molecule has 0 aliphatic carbocycles. The summed E-state index contributed by atoms with van der Waals surface area (Å²) in [5.74, 6) is 0.573. The number of benzene rings is 2. The minimum Gasteiger partial charge on any atom is -0.508 e. The zero-order chi connectivity index (χ0) is 21.8. The summed E-state index contributed by atoms with van der Waals surface area (Å²) in [6.07, 6.45) is 0. The maximum atomic E-state index is 13.0. The van der Waals surface area contributed by atoms with Crippen molar-refractivity contribution in [1.29, 1.82) is 0 Å². The van der Waals surface area contributed by atoms with E-state index in [0.29, 0.717) is 12.1 Å². The highest BCUT2D eigenvalue weighted by Crippen LogP contribution is 2.37. The Morgan fingerprint density at radius 1 is 1.07 bits per heavy atom. The predicted octanol–water partition coefficient (Wildman–Crippen LogP) is 4.67. The second-order valence-corrected chi connectivity index (χ2v) is 7.13. The van der Waals surface area contributed by atoms with Crippen LogP contribution in [0.1, 0.15) is 42.4 Å². The van der Waals surface area contributed by atoms with E-state index in [1.54, 1.807) is 20.1 Å². The molecule has 0 atom stereocenters. The summed E-state index contributed by atoms with van der Waals surface area (Å²) >= 11 is 0. The Labute approximate surface area is 177 Å². The van der Waals surface area contributed by atoms with E-state index >= 15 is 0 Å². The number of aromatic nitrogens is 1. The molecule has 2 aromatic carbocycles. The molecule has 30 heavy (non-hydrogen) atoms. The molecule has 0 aliphatic heterocycles. The van der Waals surface area contributed by atoms with Crippen LogP contribution < -0.4 is 4.74 Å². The van der Waals surface area contributed by atoms with Gasteiger partial charge in [0.15, 0.2) is 0 Å². The van der Waals surface area contributed by atoms with Gasteiger partial charge in [0.1, 0.15) is 11.5 Å². The molecule has 6 nitrogen and oxygen atoms in total. The average Bonchev–Trinajstić information content (AvgIpc) is 3.05. The number of rotatable bonds is 8. The average molecular weight is 411 g/mol. The van der Waals surface area contributed by atoms with E-state index in [2.05, 4.69) is 18.7 Å². The number of fused-ring (bicyclic) bond motifs is 1. The first kappa shape index (κ1) is 21.7. The van der Waals surface area contributed by atoms with Gasteiger partial charge < -0.3 is 19.1 Å². The number of ether oxygens (including phenoxy) is 2. The Morgan fingerprint density at radius 3 is 2.30 bits per heavy atom. The van der Waals surface area contributed by atoms with Crippen LogP contribution in [0.25, 0.3) is 16.6 Å². The molecule has 0 amide bonds. The largest absolute Gasteiger partial charge is 0.508 e. The van der Waals surface area contributed by atoms with Crippen molar-refractivity contribution in [2.75, 3.05) is 26.8 Å². The van der Waals surface area contributed by atoms with E-state index in [9.17, 15) is 9.90 Å². The van der Waals surface area contributed by atoms with Crippen LogP contribution in [-0.2, 0) is 11.3 Å². The molecule has 0 saturated heterocycles. The summed E-state index contributed by atoms with van der Waals surface area (Å²) in [5.41, 5.74) is 3.80. The summed E-state index contributed by atoms with van der Waals surface area (Å²) in [6, 6.07) is 11.3. The Morgan fingerprint density at radius 2 is 1.73 bits per heavy atom. The Hall–Kier alpha value is -2.99. The van der Waals surface area contributed by atoms with Crippen LogP contribution in [0, 0.1) is 6.92 Å². The van der Waals surface area contributed by atoms with Gasteiger partial charge >= 0.3 is 5.97 Å². The van der Waals surface area contributed by atoms with Gasteiger partial charge in [0.25, 0.3) is 0 Å². The maximum absolute atomic E-state index is 13.0. The molecule has 3 rings (SSSR count). The molecule has 0 saturated carbocycles. The van der Waals surface area contributed by atoms with Gasteiger partial charge in [-0.05, 0) is 63.3 Å². The molecule has 160 valence electrons. The number of hydrogen-bond donors (Lipinski definition) is 1. The van der Waals surface area contributed by atoms with E-state index in [-0.39, 0.29) is 18.3 Å². The van der Waals surface area contributed by atoms with Crippen LogP contribution in [0.4, 0.5) is 0 Å². The van der Waals surface area contributed by atoms with Gasteiger partial charge in [-0.2, -0.15) is 0 Å².